The summed E-state index contributed by atoms with van der Waals surface area (Å²) in [4.78, 5) is 35.5. The van der Waals surface area contributed by atoms with Gasteiger partial charge in [0.05, 0.1) is 24.0 Å². The molecule has 0 radical (unpaired) electrons. The second-order valence-corrected chi connectivity index (χ2v) is 7.06. The van der Waals surface area contributed by atoms with Crippen molar-refractivity contribution in [3.8, 4) is 11.5 Å². The zero-order valence-corrected chi connectivity index (χ0v) is 19.3. The first-order valence-electron chi connectivity index (χ1n) is 10.0. The van der Waals surface area contributed by atoms with Crippen LogP contribution in [0, 0.1) is 5.82 Å². The fourth-order valence-electron chi connectivity index (χ4n) is 2.56. The molecule has 0 unspecified atom stereocenters. The highest BCUT2D eigenvalue weighted by atomic mass is 35.5. The lowest BCUT2D eigenvalue weighted by atomic mass is 10.2. The molecule has 0 saturated carbocycles. The predicted molar refractivity (Wildman–Crippen MR) is 124 cm³/mol. The third-order valence-electron chi connectivity index (χ3n) is 4.14. The largest absolute Gasteiger partial charge is 0.493 e. The van der Waals surface area contributed by atoms with Gasteiger partial charge in [0.2, 0.25) is 0 Å². The van der Waals surface area contributed by atoms with Crippen molar-refractivity contribution < 1.29 is 33.0 Å². The van der Waals surface area contributed by atoms with E-state index in [0.29, 0.717) is 18.6 Å². The van der Waals surface area contributed by atoms with Gasteiger partial charge in [-0.3, -0.25) is 14.4 Å². The van der Waals surface area contributed by atoms with Gasteiger partial charge in [0.25, 0.3) is 5.91 Å². The highest BCUT2D eigenvalue weighted by Crippen LogP contribution is 2.36. The summed E-state index contributed by atoms with van der Waals surface area (Å²) in [7, 11) is 2.91. The van der Waals surface area contributed by atoms with E-state index in [9.17, 15) is 18.8 Å². The third-order valence-corrected chi connectivity index (χ3v) is 4.42. The molecular weight excluding hydrogens is 471 g/mol. The molecule has 0 heterocycles. The Morgan fingerprint density at radius 3 is 2.62 bits per heavy atom. The molecule has 2 aromatic rings. The molecule has 0 aliphatic heterocycles. The number of nitrogens with one attached hydrogen (secondary N) is 3. The summed E-state index contributed by atoms with van der Waals surface area (Å²) in [5.74, 6) is -2.67. The normalized spacial score (nSPS) is 10.6. The van der Waals surface area contributed by atoms with E-state index in [0.717, 1.165) is 0 Å². The quantitative estimate of drug-likeness (QED) is 0.190. The smallest absolute Gasteiger partial charge is 0.329 e. The second-order valence-electron chi connectivity index (χ2n) is 6.65. The summed E-state index contributed by atoms with van der Waals surface area (Å²) in [6.07, 6.45) is 1.81. The van der Waals surface area contributed by atoms with Crippen molar-refractivity contribution in [1.29, 1.82) is 0 Å². The standard InChI is InChI=1S/C22H24ClFN4O6/c1-32-9-5-8-25-21(30)22(31)28-26-12-14-10-15(23)20(18(11-14)33-2)34-13-19(29)27-17-7-4-3-6-16(17)24/h3-4,6-7,10-12H,5,8-9,13H2,1-2H3,(H,25,30)(H,27,29)(H,28,31)/b26-12-. The molecule has 0 aliphatic rings. The van der Waals surface area contributed by atoms with E-state index < -0.39 is 30.1 Å². The summed E-state index contributed by atoms with van der Waals surface area (Å²) in [6.45, 7) is 0.294. The number of rotatable bonds is 11. The zero-order chi connectivity index (χ0) is 24.9. The Kier molecular flexibility index (Phi) is 10.7. The van der Waals surface area contributed by atoms with Crippen LogP contribution in [0.4, 0.5) is 10.1 Å². The number of hydrogen-bond donors (Lipinski definition) is 3. The lowest BCUT2D eigenvalue weighted by Crippen LogP contribution is -2.38. The molecule has 0 spiro atoms. The van der Waals surface area contributed by atoms with E-state index in [1.54, 1.807) is 6.07 Å². The van der Waals surface area contributed by atoms with E-state index in [-0.39, 0.29) is 28.8 Å². The van der Waals surface area contributed by atoms with E-state index in [4.69, 9.17) is 25.8 Å². The van der Waals surface area contributed by atoms with Gasteiger partial charge in [-0.15, -0.1) is 0 Å². The number of ether oxygens (including phenoxy) is 3. The van der Waals surface area contributed by atoms with Crippen LogP contribution in [0.25, 0.3) is 0 Å². The highest BCUT2D eigenvalue weighted by molar-refractivity contribution is 6.35. The Hall–Kier alpha value is -3.70. The molecule has 0 saturated heterocycles. The maximum atomic E-state index is 13.7. The van der Waals surface area contributed by atoms with Gasteiger partial charge < -0.3 is 24.8 Å². The van der Waals surface area contributed by atoms with Gasteiger partial charge in [-0.25, -0.2) is 9.82 Å². The summed E-state index contributed by atoms with van der Waals surface area (Å²) < 4.78 is 29.2. The van der Waals surface area contributed by atoms with Crippen LogP contribution < -0.4 is 25.5 Å². The molecular formula is C22H24ClFN4O6. The summed E-state index contributed by atoms with van der Waals surface area (Å²) in [5, 5.41) is 8.63. The zero-order valence-electron chi connectivity index (χ0n) is 18.5. The number of para-hydroxylation sites is 1. The molecule has 3 N–H and O–H groups in total. The fraction of sp³-hybridized carbons (Fsp3) is 0.273. The number of nitrogens with zero attached hydrogens (tertiary/aromatic N) is 1. The first-order valence-corrected chi connectivity index (χ1v) is 10.4. The Morgan fingerprint density at radius 2 is 1.91 bits per heavy atom. The minimum absolute atomic E-state index is 0.0198. The topological polar surface area (TPSA) is 127 Å². The third kappa shape index (κ3) is 8.34. The molecule has 0 aliphatic carbocycles. The summed E-state index contributed by atoms with van der Waals surface area (Å²) in [6, 6.07) is 8.66. The molecule has 3 amide bonds. The van der Waals surface area contributed by atoms with Gasteiger partial charge in [-0.1, -0.05) is 23.7 Å². The van der Waals surface area contributed by atoms with Crippen molar-refractivity contribution >= 4 is 41.2 Å². The number of anilines is 1. The number of hydrazone groups is 1. The number of hydrogen-bond acceptors (Lipinski definition) is 7. The van der Waals surface area contributed by atoms with Gasteiger partial charge in [-0.05, 0) is 36.2 Å². The average molecular weight is 495 g/mol. The van der Waals surface area contributed by atoms with E-state index in [1.165, 1.54) is 50.8 Å². The van der Waals surface area contributed by atoms with Crippen molar-refractivity contribution in [2.24, 2.45) is 5.10 Å². The van der Waals surface area contributed by atoms with Crippen LogP contribution in [0.15, 0.2) is 41.5 Å². The van der Waals surface area contributed by atoms with Gasteiger partial charge in [0.1, 0.15) is 5.82 Å². The van der Waals surface area contributed by atoms with Crippen LogP contribution in [0.1, 0.15) is 12.0 Å². The molecule has 0 atom stereocenters. The highest BCUT2D eigenvalue weighted by Gasteiger charge is 2.15. The van der Waals surface area contributed by atoms with Crippen molar-refractivity contribution in [3.05, 3.63) is 52.8 Å². The van der Waals surface area contributed by atoms with Crippen molar-refractivity contribution in [1.82, 2.24) is 10.7 Å². The molecule has 10 nitrogen and oxygen atoms in total. The number of halogens is 2. The van der Waals surface area contributed by atoms with E-state index in [1.807, 2.05) is 0 Å². The molecule has 34 heavy (non-hydrogen) atoms. The van der Waals surface area contributed by atoms with Crippen molar-refractivity contribution in [2.45, 2.75) is 6.42 Å². The van der Waals surface area contributed by atoms with Crippen LogP contribution in [0.3, 0.4) is 0 Å². The Bertz CT molecular complexity index is 1050. The number of benzene rings is 2. The Balaban J connectivity index is 1.94. The minimum Gasteiger partial charge on any atom is -0.493 e. The Labute approximate surface area is 200 Å². The van der Waals surface area contributed by atoms with Gasteiger partial charge in [0.15, 0.2) is 18.1 Å². The second kappa shape index (κ2) is 13.8. The molecule has 2 aromatic carbocycles. The fourth-order valence-corrected chi connectivity index (χ4v) is 2.83. The lowest BCUT2D eigenvalue weighted by molar-refractivity contribution is -0.139. The number of carbonyl (C=O) groups excluding carboxylic acids is 3. The van der Waals surface area contributed by atoms with Crippen LogP contribution in [0.2, 0.25) is 5.02 Å². The predicted octanol–water partition coefficient (Wildman–Crippen LogP) is 2.11. The van der Waals surface area contributed by atoms with Gasteiger partial charge in [0, 0.05) is 20.3 Å². The van der Waals surface area contributed by atoms with Crippen LogP contribution in [-0.4, -0.2) is 57.9 Å². The maximum absolute atomic E-state index is 13.7. The Morgan fingerprint density at radius 1 is 1.15 bits per heavy atom. The van der Waals surface area contributed by atoms with Gasteiger partial charge in [-0.2, -0.15) is 5.10 Å². The van der Waals surface area contributed by atoms with Gasteiger partial charge >= 0.3 is 11.8 Å². The molecule has 0 bridgehead atoms. The van der Waals surface area contributed by atoms with Crippen molar-refractivity contribution in [2.75, 3.05) is 39.3 Å². The summed E-state index contributed by atoms with van der Waals surface area (Å²) in [5.41, 5.74) is 2.54. The lowest BCUT2D eigenvalue weighted by Gasteiger charge is -2.13. The maximum Gasteiger partial charge on any atom is 0.329 e. The molecule has 12 heteroatoms. The first kappa shape index (κ1) is 26.6. The van der Waals surface area contributed by atoms with E-state index in [2.05, 4.69) is 21.2 Å². The monoisotopic (exact) mass is 494 g/mol. The van der Waals surface area contributed by atoms with Crippen molar-refractivity contribution in [3.63, 3.8) is 0 Å². The molecule has 0 fully saturated rings. The van der Waals surface area contributed by atoms with E-state index >= 15 is 0 Å². The average Bonchev–Trinajstić information content (AvgIpc) is 2.82. The number of carbonyl (C=O) groups is 3. The van der Waals surface area contributed by atoms with Crippen LogP contribution in [-0.2, 0) is 19.1 Å². The first-order chi connectivity index (χ1) is 16.3. The minimum atomic E-state index is -0.937. The van der Waals surface area contributed by atoms with Crippen LogP contribution in [0.5, 0.6) is 11.5 Å². The molecule has 182 valence electrons. The van der Waals surface area contributed by atoms with Crippen LogP contribution >= 0.6 is 11.6 Å². The number of amides is 3. The SMILES string of the molecule is COCCCNC(=O)C(=O)N/N=C\c1cc(Cl)c(OCC(=O)Nc2ccccc2F)c(OC)c1. The summed E-state index contributed by atoms with van der Waals surface area (Å²) >= 11 is 6.24. The number of methoxy groups -OCH3 is 2. The molecule has 2 rings (SSSR count). The molecule has 0 aromatic heterocycles.